The molecule has 6 nitrogen and oxygen atoms in total. The number of carbonyl (C=O) groups excluding carboxylic acids is 3. The maximum Gasteiger partial charge on any atom is 0.243 e. The second kappa shape index (κ2) is 24.8. The van der Waals surface area contributed by atoms with Crippen LogP contribution in [-0.2, 0) is 19.1 Å². The van der Waals surface area contributed by atoms with Gasteiger partial charge in [0.15, 0.2) is 0 Å². The number of nitrogens with one attached hydrogen (secondary N) is 2. The number of hydrogen-bond donors (Lipinski definition) is 2. The summed E-state index contributed by atoms with van der Waals surface area (Å²) < 4.78 is 4.91. The molecule has 0 aromatic carbocycles. The van der Waals surface area contributed by atoms with E-state index in [9.17, 15) is 9.59 Å². The van der Waals surface area contributed by atoms with Crippen molar-refractivity contribution in [2.24, 2.45) is 0 Å². The van der Waals surface area contributed by atoms with Gasteiger partial charge in [-0.25, -0.2) is 0 Å². The molecular formula is C24H44N2O4. The molecule has 174 valence electrons. The van der Waals surface area contributed by atoms with Crippen molar-refractivity contribution in [3.05, 3.63) is 36.5 Å². The minimum atomic E-state index is -0.410. The van der Waals surface area contributed by atoms with Crippen molar-refractivity contribution in [1.29, 1.82) is 0 Å². The zero-order valence-corrected chi connectivity index (χ0v) is 20.0. The SMILES string of the molecule is C=C(/C=C\C=C/C)CC.C=O.CCCC.COCCCCC1NC(=O)C(C)NC1=O. The third-order valence-corrected chi connectivity index (χ3v) is 4.07. The van der Waals surface area contributed by atoms with Gasteiger partial charge in [0.25, 0.3) is 0 Å². The van der Waals surface area contributed by atoms with E-state index in [2.05, 4.69) is 38.0 Å². The van der Waals surface area contributed by atoms with Crippen molar-refractivity contribution in [1.82, 2.24) is 10.6 Å². The molecule has 0 aliphatic carbocycles. The summed E-state index contributed by atoms with van der Waals surface area (Å²) >= 11 is 0. The molecular weight excluding hydrogens is 380 g/mol. The standard InChI is InChI=1S/C10H18N2O3.C9H14.C4H10.CH2O/c1-7-9(13)12-8(10(14)11-7)5-3-4-6-15-2;1-4-6-7-8-9(3)5-2;1-3-4-2;1-2/h7-8H,3-6H2,1-2H3,(H,11,14)(H,12,13);4,6-8H,3,5H2,1-2H3;3-4H2,1-2H3;1H2/b;6-4-,8-7-;;. The van der Waals surface area contributed by atoms with Crippen molar-refractivity contribution in [2.45, 2.75) is 85.2 Å². The van der Waals surface area contributed by atoms with Crippen molar-refractivity contribution in [3.63, 3.8) is 0 Å². The number of unbranched alkanes of at least 4 members (excludes halogenated alkanes) is 2. The summed E-state index contributed by atoms with van der Waals surface area (Å²) in [5.74, 6) is -0.189. The molecule has 2 unspecified atom stereocenters. The van der Waals surface area contributed by atoms with Crippen LogP contribution in [0.5, 0.6) is 0 Å². The first kappa shape index (κ1) is 32.5. The molecule has 0 bridgehead atoms. The lowest BCUT2D eigenvalue weighted by Crippen LogP contribution is -2.60. The number of allylic oxidation sites excluding steroid dienone is 5. The molecule has 2 N–H and O–H groups in total. The van der Waals surface area contributed by atoms with Gasteiger partial charge >= 0.3 is 0 Å². The Kier molecular flexibility index (Phi) is 26.9. The Labute approximate surface area is 184 Å². The zero-order valence-electron chi connectivity index (χ0n) is 20.0. The number of rotatable bonds is 9. The van der Waals surface area contributed by atoms with E-state index < -0.39 is 6.04 Å². The third-order valence-electron chi connectivity index (χ3n) is 4.07. The lowest BCUT2D eigenvalue weighted by molar-refractivity contribution is -0.136. The van der Waals surface area contributed by atoms with Crippen LogP contribution in [0.2, 0.25) is 0 Å². The Balaban J connectivity index is -0.000000414. The molecule has 1 heterocycles. The van der Waals surface area contributed by atoms with Gasteiger partial charge in [0, 0.05) is 13.7 Å². The van der Waals surface area contributed by atoms with E-state index in [1.807, 2.05) is 38.0 Å². The lowest BCUT2D eigenvalue weighted by atomic mass is 10.1. The fourth-order valence-corrected chi connectivity index (χ4v) is 1.96. The number of methoxy groups -OCH3 is 1. The van der Waals surface area contributed by atoms with Gasteiger partial charge in [0.1, 0.15) is 18.9 Å². The van der Waals surface area contributed by atoms with Crippen LogP contribution < -0.4 is 10.6 Å². The second-order valence-electron chi connectivity index (χ2n) is 6.68. The van der Waals surface area contributed by atoms with Gasteiger partial charge < -0.3 is 20.2 Å². The predicted octanol–water partition coefficient (Wildman–Crippen LogP) is 4.51. The van der Waals surface area contributed by atoms with Gasteiger partial charge in [0.05, 0.1) is 0 Å². The summed E-state index contributed by atoms with van der Waals surface area (Å²) in [6, 6.07) is -0.779. The fraction of sp³-hybridized carbons (Fsp3) is 0.625. The first-order chi connectivity index (χ1) is 14.4. The van der Waals surface area contributed by atoms with Gasteiger partial charge in [-0.1, -0.05) is 70.1 Å². The van der Waals surface area contributed by atoms with E-state index in [-0.39, 0.29) is 17.9 Å². The highest BCUT2D eigenvalue weighted by molar-refractivity contribution is 5.96. The smallest absolute Gasteiger partial charge is 0.243 e. The lowest BCUT2D eigenvalue weighted by Gasteiger charge is -2.27. The maximum atomic E-state index is 11.5. The first-order valence-electron chi connectivity index (χ1n) is 10.7. The van der Waals surface area contributed by atoms with E-state index in [0.717, 1.165) is 19.3 Å². The maximum absolute atomic E-state index is 11.5. The Hall–Kier alpha value is -2.21. The third kappa shape index (κ3) is 20.5. The van der Waals surface area contributed by atoms with Gasteiger partial charge in [-0.2, -0.15) is 0 Å². The minimum absolute atomic E-state index is 0.0838. The van der Waals surface area contributed by atoms with Crippen molar-refractivity contribution in [2.75, 3.05) is 13.7 Å². The Morgan fingerprint density at radius 2 is 1.63 bits per heavy atom. The van der Waals surface area contributed by atoms with Crippen LogP contribution in [0.1, 0.15) is 73.1 Å². The highest BCUT2D eigenvalue weighted by Gasteiger charge is 2.30. The van der Waals surface area contributed by atoms with E-state index >= 15 is 0 Å². The number of amides is 2. The number of hydrogen-bond acceptors (Lipinski definition) is 4. The summed E-state index contributed by atoms with van der Waals surface area (Å²) in [5, 5.41) is 5.34. The van der Waals surface area contributed by atoms with Crippen LogP contribution >= 0.6 is 0 Å². The van der Waals surface area contributed by atoms with Crippen LogP contribution in [0.4, 0.5) is 0 Å². The molecule has 1 saturated heterocycles. The molecule has 1 aliphatic rings. The monoisotopic (exact) mass is 424 g/mol. The molecule has 6 heteroatoms. The van der Waals surface area contributed by atoms with Gasteiger partial charge in [0.2, 0.25) is 11.8 Å². The van der Waals surface area contributed by atoms with E-state index in [0.29, 0.717) is 13.0 Å². The first-order valence-corrected chi connectivity index (χ1v) is 10.7. The molecule has 1 rings (SSSR count). The number of carbonyl (C=O) groups is 3. The zero-order chi connectivity index (χ0) is 23.8. The molecule has 1 fully saturated rings. The van der Waals surface area contributed by atoms with Gasteiger partial charge in [-0.3, -0.25) is 9.59 Å². The largest absolute Gasteiger partial charge is 0.385 e. The minimum Gasteiger partial charge on any atom is -0.385 e. The van der Waals surface area contributed by atoms with Crippen LogP contribution in [0.25, 0.3) is 0 Å². The number of piperazine rings is 1. The van der Waals surface area contributed by atoms with Crippen LogP contribution in [-0.4, -0.2) is 44.4 Å². The fourth-order valence-electron chi connectivity index (χ4n) is 1.96. The molecule has 2 amide bonds. The average Bonchev–Trinajstić information content (AvgIpc) is 2.76. The number of ether oxygens (including phenoxy) is 1. The molecule has 0 spiro atoms. The van der Waals surface area contributed by atoms with Crippen LogP contribution in [0, 0.1) is 0 Å². The van der Waals surface area contributed by atoms with E-state index in [4.69, 9.17) is 9.53 Å². The summed E-state index contributed by atoms with van der Waals surface area (Å²) in [4.78, 5) is 30.7. The highest BCUT2D eigenvalue weighted by Crippen LogP contribution is 2.05. The van der Waals surface area contributed by atoms with Crippen molar-refractivity contribution in [3.8, 4) is 0 Å². The van der Waals surface area contributed by atoms with Crippen molar-refractivity contribution < 1.29 is 19.1 Å². The molecule has 30 heavy (non-hydrogen) atoms. The van der Waals surface area contributed by atoms with Crippen LogP contribution in [0.15, 0.2) is 36.5 Å². The summed E-state index contributed by atoms with van der Waals surface area (Å²) in [7, 11) is 1.65. The van der Waals surface area contributed by atoms with Gasteiger partial charge in [-0.05, 0) is 39.5 Å². The topological polar surface area (TPSA) is 84.5 Å². The molecule has 0 radical (unpaired) electrons. The van der Waals surface area contributed by atoms with Gasteiger partial charge in [-0.15, -0.1) is 0 Å². The van der Waals surface area contributed by atoms with E-state index in [1.165, 1.54) is 18.4 Å². The summed E-state index contributed by atoms with van der Waals surface area (Å²) in [6.45, 7) is 16.7. The molecule has 1 aliphatic heterocycles. The highest BCUT2D eigenvalue weighted by atomic mass is 16.5. The quantitative estimate of drug-likeness (QED) is 0.421. The Bertz CT molecular complexity index is 499. The Morgan fingerprint density at radius 1 is 1.03 bits per heavy atom. The second-order valence-corrected chi connectivity index (χ2v) is 6.68. The Morgan fingerprint density at radius 3 is 2.10 bits per heavy atom. The molecule has 0 saturated carbocycles. The average molecular weight is 425 g/mol. The summed E-state index contributed by atoms with van der Waals surface area (Å²) in [5.41, 5.74) is 1.17. The van der Waals surface area contributed by atoms with Crippen molar-refractivity contribution >= 4 is 18.6 Å². The van der Waals surface area contributed by atoms with E-state index in [1.54, 1.807) is 14.0 Å². The normalized spacial score (nSPS) is 17.5. The molecule has 0 aromatic rings. The van der Waals surface area contributed by atoms with Crippen LogP contribution in [0.3, 0.4) is 0 Å². The molecule has 0 aromatic heterocycles. The predicted molar refractivity (Wildman–Crippen MR) is 126 cm³/mol. The molecule has 2 atom stereocenters. The summed E-state index contributed by atoms with van der Waals surface area (Å²) in [6.07, 6.45) is 14.2.